The van der Waals surface area contributed by atoms with Gasteiger partial charge in [-0.15, -0.1) is 0 Å². The average Bonchev–Trinajstić information content (AvgIpc) is 3.62. The third-order valence-corrected chi connectivity index (χ3v) is 7.27. The highest BCUT2D eigenvalue weighted by Crippen LogP contribution is 2.29. The first-order valence-electron chi connectivity index (χ1n) is 14.4. The van der Waals surface area contributed by atoms with Gasteiger partial charge in [-0.1, -0.05) is 32.1 Å². The Hall–Kier alpha value is -4.10. The van der Waals surface area contributed by atoms with Crippen LogP contribution in [0.25, 0.3) is 0 Å². The molecule has 0 saturated heterocycles. The highest BCUT2D eigenvalue weighted by Gasteiger charge is 2.41. The number of alkyl carbamates (subject to hydrolysis) is 1. The van der Waals surface area contributed by atoms with Crippen LogP contribution in [0.3, 0.4) is 0 Å². The molecule has 0 spiro atoms. The summed E-state index contributed by atoms with van der Waals surface area (Å²) in [5, 5.41) is 20.1. The van der Waals surface area contributed by atoms with E-state index >= 15 is 0 Å². The molecule has 2 heterocycles. The number of nitrogens with one attached hydrogen (secondary N) is 6. The standard InChI is InChI=1S/C28H44N8O6/c1-27(2,3)42-26(41)36-28(4,22-15-30-17-33-22)24(38)34-19(12-18-8-6-5-7-9-18)10-11-31-23(37)21(35-25(39)40)13-20-14-29-16-32-20/h14-19,21,35H,5-13H2,1-4H3,(H,29,32)(H,30,33)(H,31,37)(H,34,38)(H,36,41)(H,39,40)/t19-,21+,28+/m1/s1. The van der Waals surface area contributed by atoms with Gasteiger partial charge in [-0.3, -0.25) is 9.59 Å². The number of amides is 4. The van der Waals surface area contributed by atoms with Crippen molar-refractivity contribution in [2.24, 2.45) is 5.92 Å². The summed E-state index contributed by atoms with van der Waals surface area (Å²) in [7, 11) is 0. The molecule has 42 heavy (non-hydrogen) atoms. The number of nitrogens with zero attached hydrogens (tertiary/aromatic N) is 2. The van der Waals surface area contributed by atoms with Gasteiger partial charge in [0.25, 0.3) is 5.91 Å². The van der Waals surface area contributed by atoms with Gasteiger partial charge in [0.2, 0.25) is 5.91 Å². The van der Waals surface area contributed by atoms with Gasteiger partial charge < -0.3 is 41.1 Å². The molecular formula is C28H44N8O6. The fourth-order valence-electron chi connectivity index (χ4n) is 5.15. The molecule has 4 amide bonds. The quantitative estimate of drug-likeness (QED) is 0.185. The van der Waals surface area contributed by atoms with Crippen LogP contribution in [0.15, 0.2) is 25.0 Å². The van der Waals surface area contributed by atoms with E-state index in [2.05, 4.69) is 41.2 Å². The van der Waals surface area contributed by atoms with E-state index < -0.39 is 41.2 Å². The molecule has 0 radical (unpaired) electrons. The molecule has 7 N–H and O–H groups in total. The van der Waals surface area contributed by atoms with Crippen LogP contribution in [-0.2, 0) is 26.3 Å². The zero-order valence-corrected chi connectivity index (χ0v) is 24.8. The van der Waals surface area contributed by atoms with Crippen molar-refractivity contribution in [2.75, 3.05) is 6.54 Å². The van der Waals surface area contributed by atoms with Crippen LogP contribution in [0.4, 0.5) is 9.59 Å². The molecule has 0 bridgehead atoms. The van der Waals surface area contributed by atoms with Crippen molar-refractivity contribution in [3.05, 3.63) is 36.4 Å². The molecule has 14 heteroatoms. The van der Waals surface area contributed by atoms with E-state index in [0.717, 1.165) is 25.7 Å². The summed E-state index contributed by atoms with van der Waals surface area (Å²) in [4.78, 5) is 64.7. The number of carbonyl (C=O) groups is 4. The van der Waals surface area contributed by atoms with E-state index in [1.165, 1.54) is 19.1 Å². The Labute approximate surface area is 245 Å². The number of aromatic nitrogens is 4. The van der Waals surface area contributed by atoms with E-state index in [0.29, 0.717) is 30.1 Å². The van der Waals surface area contributed by atoms with Gasteiger partial charge in [-0.05, 0) is 46.5 Å². The van der Waals surface area contributed by atoms with Gasteiger partial charge in [0.05, 0.1) is 24.0 Å². The van der Waals surface area contributed by atoms with Gasteiger partial charge in [-0.25, -0.2) is 19.6 Å². The van der Waals surface area contributed by atoms with Crippen LogP contribution < -0.4 is 21.3 Å². The van der Waals surface area contributed by atoms with Gasteiger partial charge in [0.15, 0.2) is 5.54 Å². The minimum Gasteiger partial charge on any atom is -0.465 e. The lowest BCUT2D eigenvalue weighted by Crippen LogP contribution is -2.57. The van der Waals surface area contributed by atoms with Gasteiger partial charge >= 0.3 is 12.2 Å². The Kier molecular flexibility index (Phi) is 11.3. The Morgan fingerprint density at radius 1 is 1.02 bits per heavy atom. The molecule has 3 rings (SSSR count). The number of ether oxygens (including phenoxy) is 1. The van der Waals surface area contributed by atoms with Crippen LogP contribution >= 0.6 is 0 Å². The van der Waals surface area contributed by atoms with E-state index in [1.807, 2.05) is 0 Å². The third kappa shape index (κ3) is 10.1. The second-order valence-electron chi connectivity index (χ2n) is 12.0. The second-order valence-corrected chi connectivity index (χ2v) is 12.0. The first-order chi connectivity index (χ1) is 19.9. The third-order valence-electron chi connectivity index (χ3n) is 7.27. The Bertz CT molecular complexity index is 1160. The average molecular weight is 589 g/mol. The predicted molar refractivity (Wildman–Crippen MR) is 153 cm³/mol. The SMILES string of the molecule is CC(C)(C)OC(=O)N[C@](C)(C(=O)N[C@H](CCNC(=O)[C@H](Cc1c[nH]cn1)NC(=O)O)CC1CCCCC1)c1c[nH]cn1. The van der Waals surface area contributed by atoms with Crippen LogP contribution in [0, 0.1) is 5.92 Å². The van der Waals surface area contributed by atoms with Crippen molar-refractivity contribution in [2.45, 2.75) is 102 Å². The van der Waals surface area contributed by atoms with Crippen molar-refractivity contribution in [1.29, 1.82) is 0 Å². The fraction of sp³-hybridized carbons (Fsp3) is 0.643. The Morgan fingerprint density at radius 2 is 1.71 bits per heavy atom. The molecule has 14 nitrogen and oxygen atoms in total. The maximum absolute atomic E-state index is 13.8. The zero-order valence-electron chi connectivity index (χ0n) is 24.8. The lowest BCUT2D eigenvalue weighted by Gasteiger charge is -2.33. The Balaban J connectivity index is 1.71. The van der Waals surface area contributed by atoms with Crippen LogP contribution in [-0.4, -0.2) is 73.3 Å². The molecule has 232 valence electrons. The molecule has 2 aromatic rings. The number of carboxylic acid groups (broad SMARTS) is 1. The predicted octanol–water partition coefficient (Wildman–Crippen LogP) is 2.71. The lowest BCUT2D eigenvalue weighted by atomic mass is 9.84. The largest absolute Gasteiger partial charge is 0.465 e. The molecule has 1 aliphatic rings. The summed E-state index contributed by atoms with van der Waals surface area (Å²) in [5.74, 6) is -0.538. The summed E-state index contributed by atoms with van der Waals surface area (Å²) in [6.07, 6.45) is 10.7. The van der Waals surface area contributed by atoms with E-state index in [4.69, 9.17) is 4.74 Å². The number of rotatable bonds is 13. The smallest absolute Gasteiger partial charge is 0.408 e. The van der Waals surface area contributed by atoms with Crippen molar-refractivity contribution in [3.63, 3.8) is 0 Å². The fourth-order valence-corrected chi connectivity index (χ4v) is 5.15. The monoisotopic (exact) mass is 588 g/mol. The summed E-state index contributed by atoms with van der Waals surface area (Å²) < 4.78 is 5.42. The lowest BCUT2D eigenvalue weighted by molar-refractivity contribution is -0.128. The molecule has 0 aliphatic heterocycles. The highest BCUT2D eigenvalue weighted by atomic mass is 16.6. The summed E-state index contributed by atoms with van der Waals surface area (Å²) >= 11 is 0. The molecule has 1 aliphatic carbocycles. The van der Waals surface area contributed by atoms with Crippen LogP contribution in [0.2, 0.25) is 0 Å². The number of carbonyl (C=O) groups excluding carboxylic acids is 3. The van der Waals surface area contributed by atoms with Crippen molar-refractivity contribution < 1.29 is 29.0 Å². The maximum atomic E-state index is 13.8. The minimum absolute atomic E-state index is 0.0855. The van der Waals surface area contributed by atoms with E-state index in [9.17, 15) is 24.3 Å². The summed E-state index contributed by atoms with van der Waals surface area (Å²) in [6.45, 7) is 6.97. The van der Waals surface area contributed by atoms with Gasteiger partial charge in [0, 0.05) is 31.4 Å². The number of aromatic amines is 2. The number of H-pyrrole nitrogens is 2. The normalized spacial score (nSPS) is 16.9. The minimum atomic E-state index is -1.53. The second kappa shape index (κ2) is 14.7. The Morgan fingerprint density at radius 3 is 2.31 bits per heavy atom. The maximum Gasteiger partial charge on any atom is 0.408 e. The summed E-state index contributed by atoms with van der Waals surface area (Å²) in [5.41, 5.74) is -1.44. The number of imidazole rings is 2. The molecule has 2 aromatic heterocycles. The number of hydrogen-bond donors (Lipinski definition) is 7. The molecule has 1 saturated carbocycles. The van der Waals surface area contributed by atoms with Gasteiger partial charge in [-0.2, -0.15) is 0 Å². The first kappa shape index (κ1) is 32.4. The summed E-state index contributed by atoms with van der Waals surface area (Å²) in [6, 6.07) is -1.35. The first-order valence-corrected chi connectivity index (χ1v) is 14.4. The molecule has 0 unspecified atom stereocenters. The van der Waals surface area contributed by atoms with Crippen molar-refractivity contribution in [1.82, 2.24) is 41.2 Å². The topological polar surface area (TPSA) is 203 Å². The van der Waals surface area contributed by atoms with E-state index in [-0.39, 0.29) is 19.0 Å². The highest BCUT2D eigenvalue weighted by molar-refractivity contribution is 5.90. The molecule has 3 atom stereocenters. The number of hydrogen-bond acceptors (Lipinski definition) is 7. The molecule has 0 aromatic carbocycles. The van der Waals surface area contributed by atoms with Crippen molar-refractivity contribution >= 4 is 24.0 Å². The molecular weight excluding hydrogens is 544 g/mol. The van der Waals surface area contributed by atoms with Gasteiger partial charge in [0.1, 0.15) is 11.6 Å². The van der Waals surface area contributed by atoms with Crippen LogP contribution in [0.1, 0.15) is 84.0 Å². The van der Waals surface area contributed by atoms with Crippen molar-refractivity contribution in [3.8, 4) is 0 Å². The van der Waals surface area contributed by atoms with E-state index in [1.54, 1.807) is 40.1 Å². The van der Waals surface area contributed by atoms with Crippen LogP contribution in [0.5, 0.6) is 0 Å². The molecule has 1 fully saturated rings. The zero-order chi connectivity index (χ0) is 30.8.